The summed E-state index contributed by atoms with van der Waals surface area (Å²) in [6, 6.07) is 2.11. The fourth-order valence-corrected chi connectivity index (χ4v) is 4.33. The molecule has 0 aliphatic heterocycles. The number of nitrogens with zero attached hydrogens (tertiary/aromatic N) is 1. The average Bonchev–Trinajstić information content (AvgIpc) is 2.89. The van der Waals surface area contributed by atoms with Crippen molar-refractivity contribution in [1.82, 2.24) is 4.98 Å². The van der Waals surface area contributed by atoms with Crippen LogP contribution in [0.5, 0.6) is 0 Å². The summed E-state index contributed by atoms with van der Waals surface area (Å²) in [7, 11) is 0. The lowest BCUT2D eigenvalue weighted by molar-refractivity contribution is 0.842. The number of nitrogens with two attached hydrogens (primary N) is 1. The number of rotatable bonds is 2. The molecule has 0 spiro atoms. The first-order valence-corrected chi connectivity index (χ1v) is 7.23. The number of hydrogen-bond acceptors (Lipinski definition) is 4. The van der Waals surface area contributed by atoms with Crippen molar-refractivity contribution in [3.8, 4) is 0 Å². The van der Waals surface area contributed by atoms with E-state index in [1.807, 2.05) is 11.3 Å². The van der Waals surface area contributed by atoms with Gasteiger partial charge in [-0.1, -0.05) is 0 Å². The van der Waals surface area contributed by atoms with Gasteiger partial charge in [-0.3, -0.25) is 0 Å². The van der Waals surface area contributed by atoms with Gasteiger partial charge in [-0.15, -0.1) is 22.7 Å². The second-order valence-corrected chi connectivity index (χ2v) is 6.28. The summed E-state index contributed by atoms with van der Waals surface area (Å²) in [5.41, 5.74) is 8.86. The highest BCUT2D eigenvalue weighted by molar-refractivity contribution is 7.12. The Morgan fingerprint density at radius 1 is 1.44 bits per heavy atom. The van der Waals surface area contributed by atoms with Crippen molar-refractivity contribution in [1.29, 1.82) is 0 Å². The van der Waals surface area contributed by atoms with E-state index in [-0.39, 0.29) is 6.04 Å². The molecule has 0 fully saturated rings. The van der Waals surface area contributed by atoms with Crippen LogP contribution in [0.1, 0.15) is 38.5 Å². The van der Waals surface area contributed by atoms with Crippen LogP contribution in [0, 0.1) is 6.92 Å². The quantitative estimate of drug-likeness (QED) is 0.889. The van der Waals surface area contributed by atoms with Crippen molar-refractivity contribution in [2.24, 2.45) is 5.73 Å². The first-order chi connectivity index (χ1) is 7.75. The summed E-state index contributed by atoms with van der Waals surface area (Å²) in [5.74, 6) is 0. The van der Waals surface area contributed by atoms with Crippen LogP contribution in [0.25, 0.3) is 0 Å². The van der Waals surface area contributed by atoms with Crippen molar-refractivity contribution < 1.29 is 0 Å². The molecule has 3 rings (SSSR count). The maximum absolute atomic E-state index is 6.28. The second-order valence-electron chi connectivity index (χ2n) is 4.22. The molecular formula is C12H14N2S2. The van der Waals surface area contributed by atoms with Gasteiger partial charge in [-0.05, 0) is 43.2 Å². The second kappa shape index (κ2) is 3.95. The van der Waals surface area contributed by atoms with E-state index in [1.165, 1.54) is 33.9 Å². The highest BCUT2D eigenvalue weighted by Gasteiger charge is 2.22. The van der Waals surface area contributed by atoms with Crippen molar-refractivity contribution in [2.75, 3.05) is 0 Å². The third-order valence-corrected chi connectivity index (χ3v) is 5.40. The van der Waals surface area contributed by atoms with E-state index >= 15 is 0 Å². The molecule has 0 saturated carbocycles. The molecule has 1 unspecified atom stereocenters. The Morgan fingerprint density at radius 3 is 3.00 bits per heavy atom. The molecule has 0 aromatic carbocycles. The summed E-state index contributed by atoms with van der Waals surface area (Å²) in [5, 5.41) is 3.20. The molecule has 2 aromatic heterocycles. The minimum atomic E-state index is -0.0180. The Balaban J connectivity index is 1.95. The number of hydrogen-bond donors (Lipinski definition) is 1. The molecule has 16 heavy (non-hydrogen) atoms. The summed E-state index contributed by atoms with van der Waals surface area (Å²) in [6.07, 6.45) is 3.60. The molecule has 2 aromatic rings. The van der Waals surface area contributed by atoms with E-state index < -0.39 is 0 Å². The Kier molecular flexibility index (Phi) is 2.58. The number of fused-ring (bicyclic) bond motifs is 1. The van der Waals surface area contributed by atoms with Gasteiger partial charge in [-0.25, -0.2) is 4.98 Å². The minimum Gasteiger partial charge on any atom is -0.318 e. The fourth-order valence-electron chi connectivity index (χ4n) is 2.16. The zero-order valence-corrected chi connectivity index (χ0v) is 10.8. The molecule has 2 heterocycles. The van der Waals surface area contributed by atoms with Gasteiger partial charge in [0.25, 0.3) is 0 Å². The minimum absolute atomic E-state index is 0.0180. The predicted octanol–water partition coefficient (Wildman–Crippen LogP) is 3.05. The third kappa shape index (κ3) is 1.61. The van der Waals surface area contributed by atoms with E-state index in [2.05, 4.69) is 23.4 Å². The van der Waals surface area contributed by atoms with E-state index in [4.69, 9.17) is 5.73 Å². The molecule has 84 valence electrons. The summed E-state index contributed by atoms with van der Waals surface area (Å²) >= 11 is 3.54. The van der Waals surface area contributed by atoms with Crippen LogP contribution >= 0.6 is 22.7 Å². The Hall–Kier alpha value is -0.710. The smallest absolute Gasteiger partial charge is 0.115 e. The number of thiazole rings is 1. The van der Waals surface area contributed by atoms with Gasteiger partial charge in [0, 0.05) is 9.75 Å². The molecule has 1 aliphatic carbocycles. The highest BCUT2D eigenvalue weighted by atomic mass is 32.1. The van der Waals surface area contributed by atoms with Crippen molar-refractivity contribution in [2.45, 2.75) is 32.2 Å². The lowest BCUT2D eigenvalue weighted by Crippen LogP contribution is -2.11. The maximum atomic E-state index is 6.28. The van der Waals surface area contributed by atoms with Gasteiger partial charge in [0.15, 0.2) is 0 Å². The summed E-state index contributed by atoms with van der Waals surface area (Å²) < 4.78 is 0. The van der Waals surface area contributed by atoms with Gasteiger partial charge < -0.3 is 5.73 Å². The Labute approximate surface area is 103 Å². The van der Waals surface area contributed by atoms with Gasteiger partial charge >= 0.3 is 0 Å². The molecule has 0 bridgehead atoms. The molecular weight excluding hydrogens is 236 g/mol. The fraction of sp³-hybridized carbons (Fsp3) is 0.417. The van der Waals surface area contributed by atoms with Crippen LogP contribution in [0.2, 0.25) is 0 Å². The predicted molar refractivity (Wildman–Crippen MR) is 69.2 cm³/mol. The topological polar surface area (TPSA) is 38.9 Å². The zero-order valence-electron chi connectivity index (χ0n) is 9.19. The molecule has 4 heteroatoms. The van der Waals surface area contributed by atoms with Crippen LogP contribution in [0.15, 0.2) is 11.4 Å². The van der Waals surface area contributed by atoms with Gasteiger partial charge in [0.05, 0.1) is 11.7 Å². The average molecular weight is 250 g/mol. The SMILES string of the molecule is Cc1ccsc1C(N)c1nc2c(s1)CCC2. The molecule has 0 radical (unpaired) electrons. The van der Waals surface area contributed by atoms with Crippen LogP contribution < -0.4 is 5.73 Å². The summed E-state index contributed by atoms with van der Waals surface area (Å²) in [4.78, 5) is 7.40. The highest BCUT2D eigenvalue weighted by Crippen LogP contribution is 2.34. The van der Waals surface area contributed by atoms with Gasteiger partial charge in [-0.2, -0.15) is 0 Å². The lowest BCUT2D eigenvalue weighted by atomic mass is 10.2. The van der Waals surface area contributed by atoms with Crippen molar-refractivity contribution in [3.05, 3.63) is 37.5 Å². The van der Waals surface area contributed by atoms with Crippen LogP contribution in [-0.2, 0) is 12.8 Å². The molecule has 1 atom stereocenters. The van der Waals surface area contributed by atoms with E-state index in [9.17, 15) is 0 Å². The largest absolute Gasteiger partial charge is 0.318 e. The molecule has 2 nitrogen and oxygen atoms in total. The number of thiophene rings is 1. The maximum Gasteiger partial charge on any atom is 0.115 e. The first-order valence-electron chi connectivity index (χ1n) is 5.54. The molecule has 0 amide bonds. The van der Waals surface area contributed by atoms with Gasteiger partial charge in [0.1, 0.15) is 5.01 Å². The van der Waals surface area contributed by atoms with Crippen LogP contribution in [0.4, 0.5) is 0 Å². The van der Waals surface area contributed by atoms with E-state index in [0.29, 0.717) is 0 Å². The monoisotopic (exact) mass is 250 g/mol. The Bertz CT molecular complexity index is 491. The summed E-state index contributed by atoms with van der Waals surface area (Å²) in [6.45, 7) is 2.12. The number of aryl methyl sites for hydroxylation is 3. The van der Waals surface area contributed by atoms with Gasteiger partial charge in [0.2, 0.25) is 0 Å². The van der Waals surface area contributed by atoms with E-state index in [1.54, 1.807) is 11.3 Å². The van der Waals surface area contributed by atoms with Crippen LogP contribution in [-0.4, -0.2) is 4.98 Å². The Morgan fingerprint density at radius 2 is 2.31 bits per heavy atom. The van der Waals surface area contributed by atoms with Crippen molar-refractivity contribution in [3.63, 3.8) is 0 Å². The third-order valence-electron chi connectivity index (χ3n) is 3.06. The van der Waals surface area contributed by atoms with Crippen LogP contribution in [0.3, 0.4) is 0 Å². The molecule has 1 aliphatic rings. The lowest BCUT2D eigenvalue weighted by Gasteiger charge is -2.07. The molecule has 2 N–H and O–H groups in total. The standard InChI is InChI=1S/C12H14N2S2/c1-7-5-6-15-11(7)10(13)12-14-8-3-2-4-9(8)16-12/h5-6,10H,2-4,13H2,1H3. The first kappa shape index (κ1) is 10.4. The number of aromatic nitrogens is 1. The van der Waals surface area contributed by atoms with E-state index in [0.717, 1.165) is 11.4 Å². The normalized spacial score (nSPS) is 16.4. The zero-order chi connectivity index (χ0) is 11.1. The van der Waals surface area contributed by atoms with Crippen molar-refractivity contribution >= 4 is 22.7 Å². The molecule has 0 saturated heterocycles.